The summed E-state index contributed by atoms with van der Waals surface area (Å²) in [6.45, 7) is 9.72. The molecule has 3 N–H and O–H groups in total. The number of nitrogens with one attached hydrogen (secondary N) is 3. The lowest BCUT2D eigenvalue weighted by molar-refractivity contribution is -0.0584. The molecule has 0 aromatic heterocycles. The van der Waals surface area contributed by atoms with Gasteiger partial charge in [0.15, 0.2) is 11.9 Å². The van der Waals surface area contributed by atoms with E-state index in [1.165, 1.54) is 103 Å². The van der Waals surface area contributed by atoms with Crippen molar-refractivity contribution >= 4 is 11.9 Å². The van der Waals surface area contributed by atoms with Crippen LogP contribution in [-0.2, 0) is 0 Å². The number of hydrogen-bond donors (Lipinski definition) is 3. The Kier molecular flexibility index (Phi) is 11.2. The Labute approximate surface area is 252 Å². The molecule has 2 atom stereocenters. The highest BCUT2D eigenvalue weighted by atomic mass is 15.4. The number of unbranched alkanes of at least 4 members (excludes halogenated alkanes) is 7. The molecule has 6 fully saturated rings. The molecule has 0 aromatic carbocycles. The van der Waals surface area contributed by atoms with Gasteiger partial charge in [0.2, 0.25) is 0 Å². The molecule has 2 heterocycles. The van der Waals surface area contributed by atoms with Crippen molar-refractivity contribution in [2.75, 3.05) is 32.7 Å². The summed E-state index contributed by atoms with van der Waals surface area (Å²) in [6.07, 6.45) is 27.1. The molecule has 4 saturated carbocycles. The maximum absolute atomic E-state index is 8.94. The summed E-state index contributed by atoms with van der Waals surface area (Å²) < 4.78 is 0. The normalized spacial score (nSPS) is 32.5. The number of guanidine groups is 2. The minimum Gasteiger partial charge on any atom is -0.354 e. The first kappa shape index (κ1) is 31.0. The van der Waals surface area contributed by atoms with Crippen molar-refractivity contribution in [3.05, 3.63) is 0 Å². The van der Waals surface area contributed by atoms with E-state index in [0.29, 0.717) is 23.5 Å². The average molecular weight is 569 g/mol. The second-order valence-electron chi connectivity index (χ2n) is 15.1. The lowest BCUT2D eigenvalue weighted by Crippen LogP contribution is -2.46. The van der Waals surface area contributed by atoms with Crippen LogP contribution < -0.4 is 5.32 Å². The lowest BCUT2D eigenvalue weighted by Gasteiger charge is -2.57. The van der Waals surface area contributed by atoms with Gasteiger partial charge in [-0.05, 0) is 107 Å². The molecule has 0 spiro atoms. The minimum absolute atomic E-state index is 0.483. The van der Waals surface area contributed by atoms with E-state index in [9.17, 15) is 0 Å². The Morgan fingerprint density at radius 3 is 2.00 bits per heavy atom. The molecule has 6 heteroatoms. The van der Waals surface area contributed by atoms with Crippen LogP contribution in [0, 0.1) is 34.0 Å². The van der Waals surface area contributed by atoms with Crippen molar-refractivity contribution < 1.29 is 0 Å². The minimum atomic E-state index is 0.483. The van der Waals surface area contributed by atoms with Crippen LogP contribution in [0.25, 0.3) is 0 Å². The van der Waals surface area contributed by atoms with Gasteiger partial charge in [0, 0.05) is 44.8 Å². The largest absolute Gasteiger partial charge is 0.354 e. The van der Waals surface area contributed by atoms with Gasteiger partial charge in [0.1, 0.15) is 0 Å². The summed E-state index contributed by atoms with van der Waals surface area (Å²) in [5, 5.41) is 20.8. The molecular formula is C35H64N6. The van der Waals surface area contributed by atoms with Crippen LogP contribution in [0.3, 0.4) is 0 Å². The van der Waals surface area contributed by atoms with Crippen molar-refractivity contribution in [2.45, 2.75) is 154 Å². The molecule has 41 heavy (non-hydrogen) atoms. The zero-order valence-corrected chi connectivity index (χ0v) is 26.9. The van der Waals surface area contributed by atoms with E-state index in [1.54, 1.807) is 19.3 Å². The highest BCUT2D eigenvalue weighted by molar-refractivity contribution is 5.80. The first-order valence-corrected chi connectivity index (χ1v) is 18.2. The Balaban J connectivity index is 0.998. The predicted octanol–water partition coefficient (Wildman–Crippen LogP) is 7.83. The van der Waals surface area contributed by atoms with Gasteiger partial charge in [-0.2, -0.15) is 0 Å². The van der Waals surface area contributed by atoms with Crippen molar-refractivity contribution in [2.24, 2.45) is 23.2 Å². The Morgan fingerprint density at radius 1 is 0.683 bits per heavy atom. The molecule has 0 aromatic rings. The smallest absolute Gasteiger partial charge is 0.194 e. The van der Waals surface area contributed by atoms with Crippen molar-refractivity contribution in [1.82, 2.24) is 20.0 Å². The van der Waals surface area contributed by atoms with E-state index >= 15 is 0 Å². The molecule has 6 nitrogen and oxygen atoms in total. The average Bonchev–Trinajstić information content (AvgIpc) is 3.45. The van der Waals surface area contributed by atoms with Crippen LogP contribution in [0.15, 0.2) is 0 Å². The fraction of sp³-hybridized carbons (Fsp3) is 0.943. The molecule has 2 aliphatic heterocycles. The molecule has 4 aliphatic carbocycles. The Morgan fingerprint density at radius 2 is 1.29 bits per heavy atom. The quantitative estimate of drug-likeness (QED) is 0.139. The van der Waals surface area contributed by atoms with E-state index in [1.807, 2.05) is 0 Å². The van der Waals surface area contributed by atoms with Gasteiger partial charge in [0.25, 0.3) is 0 Å². The van der Waals surface area contributed by atoms with Crippen molar-refractivity contribution in [1.29, 1.82) is 10.8 Å². The summed E-state index contributed by atoms with van der Waals surface area (Å²) in [5.74, 6) is 4.65. The Hall–Kier alpha value is -1.46. The van der Waals surface area contributed by atoms with Crippen LogP contribution in [0.4, 0.5) is 0 Å². The highest BCUT2D eigenvalue weighted by Gasteiger charge is 2.50. The van der Waals surface area contributed by atoms with Gasteiger partial charge in [0.05, 0.1) is 0 Å². The molecule has 4 bridgehead atoms. The van der Waals surface area contributed by atoms with Crippen LogP contribution in [0.5, 0.6) is 0 Å². The molecule has 2 saturated heterocycles. The molecular weight excluding hydrogens is 504 g/mol. The lowest BCUT2D eigenvalue weighted by atomic mass is 9.48. The number of nitrogens with zero attached hydrogens (tertiary/aromatic N) is 3. The third-order valence-corrected chi connectivity index (χ3v) is 11.8. The fourth-order valence-corrected chi connectivity index (χ4v) is 10.1. The SMILES string of the molecule is CCCCCCCN1C(=N)N(CCCC[C@H]2CNC(=N)N2CCCCC23CC4CC(CC(C4)C2)C3)C[C@@H]1CCCC. The second-order valence-corrected chi connectivity index (χ2v) is 15.1. The van der Waals surface area contributed by atoms with Crippen molar-refractivity contribution in [3.8, 4) is 0 Å². The van der Waals surface area contributed by atoms with Crippen LogP contribution >= 0.6 is 0 Å². The molecule has 0 unspecified atom stereocenters. The first-order valence-electron chi connectivity index (χ1n) is 18.2. The van der Waals surface area contributed by atoms with Crippen LogP contribution in [-0.4, -0.2) is 71.4 Å². The topological polar surface area (TPSA) is 69.5 Å². The van der Waals surface area contributed by atoms with Gasteiger partial charge in [-0.15, -0.1) is 0 Å². The van der Waals surface area contributed by atoms with Gasteiger partial charge in [-0.1, -0.05) is 58.8 Å². The van der Waals surface area contributed by atoms with E-state index in [2.05, 4.69) is 33.9 Å². The van der Waals surface area contributed by atoms with Crippen LogP contribution in [0.1, 0.15) is 142 Å². The third kappa shape index (κ3) is 7.93. The van der Waals surface area contributed by atoms with Crippen molar-refractivity contribution in [3.63, 3.8) is 0 Å². The summed E-state index contributed by atoms with van der Waals surface area (Å²) in [7, 11) is 0. The molecule has 6 aliphatic rings. The molecule has 0 radical (unpaired) electrons. The molecule has 0 amide bonds. The number of rotatable bonds is 19. The summed E-state index contributed by atoms with van der Waals surface area (Å²) >= 11 is 0. The van der Waals surface area contributed by atoms with Gasteiger partial charge in [-0.3, -0.25) is 10.8 Å². The summed E-state index contributed by atoms with van der Waals surface area (Å²) in [5.41, 5.74) is 0.703. The van der Waals surface area contributed by atoms with E-state index in [0.717, 1.165) is 62.9 Å². The van der Waals surface area contributed by atoms with Gasteiger partial charge in [-0.25, -0.2) is 0 Å². The van der Waals surface area contributed by atoms with E-state index in [-0.39, 0.29) is 0 Å². The zero-order valence-electron chi connectivity index (χ0n) is 26.9. The fourth-order valence-electron chi connectivity index (χ4n) is 10.1. The van der Waals surface area contributed by atoms with Crippen LogP contribution in [0.2, 0.25) is 0 Å². The monoisotopic (exact) mass is 569 g/mol. The van der Waals surface area contributed by atoms with E-state index < -0.39 is 0 Å². The predicted molar refractivity (Wildman–Crippen MR) is 173 cm³/mol. The highest BCUT2D eigenvalue weighted by Crippen LogP contribution is 2.61. The maximum Gasteiger partial charge on any atom is 0.194 e. The molecule has 234 valence electrons. The van der Waals surface area contributed by atoms with Gasteiger partial charge < -0.3 is 20.0 Å². The Bertz CT molecular complexity index is 805. The second kappa shape index (κ2) is 14.8. The zero-order chi connectivity index (χ0) is 28.7. The first-order chi connectivity index (χ1) is 20.0. The van der Waals surface area contributed by atoms with E-state index in [4.69, 9.17) is 10.8 Å². The van der Waals surface area contributed by atoms with Gasteiger partial charge >= 0.3 is 0 Å². The summed E-state index contributed by atoms with van der Waals surface area (Å²) in [4.78, 5) is 7.21. The third-order valence-electron chi connectivity index (χ3n) is 11.8. The maximum atomic E-state index is 8.94. The standard InChI is InChI=1S/C35H64N6/c1-3-5-7-8-11-19-41-32(14-6-4-2)27-39(34(41)37)17-12-9-15-31-26-38-33(36)40(31)18-13-10-16-35-23-28-20-29(24-35)22-30(21-28)25-35/h28-32,37H,3-27H2,1-2H3,(H2,36,38)/t28?,29?,30?,31-,32-,35?/m0/s1. The number of hydrogen-bond acceptors (Lipinski definition) is 2. The molecule has 6 rings (SSSR count). The summed E-state index contributed by atoms with van der Waals surface area (Å²) in [6, 6.07) is 1.03.